The van der Waals surface area contributed by atoms with Crippen molar-refractivity contribution in [3.63, 3.8) is 0 Å². The molecule has 1 fully saturated rings. The van der Waals surface area contributed by atoms with Gasteiger partial charge in [-0.25, -0.2) is 9.37 Å². The SMILES string of the molecule is C=C(CC1CCNCC1)Nc1cncc(-c2ccc3[nH]nc(-c4cc5c(-c6ccc(F)cc6)ccnc5[nH]4)c3c2)c1. The van der Waals surface area contributed by atoms with Crippen LogP contribution in [0.3, 0.4) is 0 Å². The summed E-state index contributed by atoms with van der Waals surface area (Å²) in [6.07, 6.45) is 8.83. The van der Waals surface area contributed by atoms with Crippen molar-refractivity contribution >= 4 is 27.6 Å². The second-order valence-electron chi connectivity index (χ2n) is 10.7. The maximum absolute atomic E-state index is 13.5. The minimum atomic E-state index is -0.258. The number of pyridine rings is 2. The van der Waals surface area contributed by atoms with Crippen LogP contribution < -0.4 is 10.6 Å². The fraction of sp³-hybridized carbons (Fsp3) is 0.182. The van der Waals surface area contributed by atoms with Gasteiger partial charge in [-0.3, -0.25) is 10.1 Å². The zero-order valence-corrected chi connectivity index (χ0v) is 22.5. The van der Waals surface area contributed by atoms with Crippen LogP contribution in [0.15, 0.2) is 91.5 Å². The van der Waals surface area contributed by atoms with E-state index in [1.807, 2.05) is 24.5 Å². The number of hydrogen-bond donors (Lipinski definition) is 4. The van der Waals surface area contributed by atoms with Crippen molar-refractivity contribution < 1.29 is 4.39 Å². The van der Waals surface area contributed by atoms with Crippen molar-refractivity contribution in [3.8, 4) is 33.6 Å². The predicted octanol–water partition coefficient (Wildman–Crippen LogP) is 7.29. The summed E-state index contributed by atoms with van der Waals surface area (Å²) >= 11 is 0. The normalized spacial score (nSPS) is 14.1. The number of nitrogens with one attached hydrogen (secondary N) is 4. The number of nitrogens with zero attached hydrogens (tertiary/aromatic N) is 3. The van der Waals surface area contributed by atoms with Crippen LogP contribution in [-0.4, -0.2) is 38.2 Å². The van der Waals surface area contributed by atoms with Gasteiger partial charge in [0.15, 0.2) is 0 Å². The van der Waals surface area contributed by atoms with Crippen LogP contribution in [0.4, 0.5) is 10.1 Å². The third kappa shape index (κ3) is 5.10. The Balaban J connectivity index is 1.19. The van der Waals surface area contributed by atoms with Gasteiger partial charge in [0.05, 0.1) is 23.1 Å². The highest BCUT2D eigenvalue weighted by molar-refractivity contribution is 6.00. The molecular formula is C33H30FN7. The van der Waals surface area contributed by atoms with Gasteiger partial charge in [-0.15, -0.1) is 0 Å². The standard InChI is InChI=1S/C33H30FN7/c1-20(14-21-8-11-35-12-9-21)38-26-15-24(18-36-19-26)23-4-7-30-29(16-23)32(41-40-30)31-17-28-27(10-13-37-33(28)39-31)22-2-5-25(34)6-3-22/h2-7,10,13,15-19,21,35,38H,1,8-9,11-12,14H2,(H,37,39)(H,40,41). The topological polar surface area (TPSA) is 94.3 Å². The highest BCUT2D eigenvalue weighted by atomic mass is 19.1. The molecule has 0 aliphatic carbocycles. The summed E-state index contributed by atoms with van der Waals surface area (Å²) in [5.74, 6) is 0.409. The van der Waals surface area contributed by atoms with E-state index >= 15 is 0 Å². The molecule has 1 aliphatic rings. The van der Waals surface area contributed by atoms with Crippen molar-refractivity contribution in [1.29, 1.82) is 0 Å². The van der Waals surface area contributed by atoms with Gasteiger partial charge >= 0.3 is 0 Å². The van der Waals surface area contributed by atoms with Crippen LogP contribution in [0.25, 0.3) is 55.6 Å². The van der Waals surface area contributed by atoms with E-state index in [0.29, 0.717) is 5.92 Å². The molecule has 7 rings (SSSR count). The van der Waals surface area contributed by atoms with E-state index in [4.69, 9.17) is 0 Å². The van der Waals surface area contributed by atoms with Crippen LogP contribution in [0.5, 0.6) is 0 Å². The van der Waals surface area contributed by atoms with Gasteiger partial charge in [-0.05, 0) is 97.4 Å². The highest BCUT2D eigenvalue weighted by Gasteiger charge is 2.16. The maximum Gasteiger partial charge on any atom is 0.138 e. The summed E-state index contributed by atoms with van der Waals surface area (Å²) in [6, 6.07) is 18.9. The smallest absolute Gasteiger partial charge is 0.138 e. The highest BCUT2D eigenvalue weighted by Crippen LogP contribution is 2.35. The lowest BCUT2D eigenvalue weighted by atomic mass is 9.93. The Kier molecular flexibility index (Phi) is 6.53. The molecule has 0 unspecified atom stereocenters. The van der Waals surface area contributed by atoms with Crippen LogP contribution in [-0.2, 0) is 0 Å². The number of halogens is 1. The summed E-state index contributed by atoms with van der Waals surface area (Å²) in [6.45, 7) is 6.44. The lowest BCUT2D eigenvalue weighted by molar-refractivity contribution is 0.373. The number of piperidine rings is 1. The molecule has 2 aromatic carbocycles. The first-order valence-corrected chi connectivity index (χ1v) is 13.9. The number of hydrogen-bond acceptors (Lipinski definition) is 5. The van der Waals surface area contributed by atoms with Crippen LogP contribution in [0.1, 0.15) is 19.3 Å². The summed E-state index contributed by atoms with van der Waals surface area (Å²) in [5.41, 5.74) is 9.27. The number of aromatic amines is 2. The van der Waals surface area contributed by atoms with Gasteiger partial charge in [0, 0.05) is 34.4 Å². The lowest BCUT2D eigenvalue weighted by Gasteiger charge is -2.23. The number of rotatable bonds is 7. The number of aromatic nitrogens is 5. The third-order valence-electron chi connectivity index (χ3n) is 7.89. The van der Waals surface area contributed by atoms with Gasteiger partial charge in [-0.2, -0.15) is 5.10 Å². The second kappa shape index (κ2) is 10.6. The Morgan fingerprint density at radius 2 is 1.76 bits per heavy atom. The molecule has 0 saturated carbocycles. The monoisotopic (exact) mass is 543 g/mol. The summed E-state index contributed by atoms with van der Waals surface area (Å²) in [4.78, 5) is 12.5. The molecule has 6 aromatic rings. The average molecular weight is 544 g/mol. The van der Waals surface area contributed by atoms with Crippen LogP contribution >= 0.6 is 0 Å². The van der Waals surface area contributed by atoms with E-state index in [9.17, 15) is 4.39 Å². The summed E-state index contributed by atoms with van der Waals surface area (Å²) < 4.78 is 13.5. The molecule has 7 nitrogen and oxygen atoms in total. The number of allylic oxidation sites excluding steroid dienone is 1. The summed E-state index contributed by atoms with van der Waals surface area (Å²) in [5, 5.41) is 16.7. The van der Waals surface area contributed by atoms with Crippen molar-refractivity contribution in [2.75, 3.05) is 18.4 Å². The molecule has 4 N–H and O–H groups in total. The molecule has 0 spiro atoms. The first kappa shape index (κ1) is 25.2. The van der Waals surface area contributed by atoms with Crippen LogP contribution in [0, 0.1) is 11.7 Å². The van der Waals surface area contributed by atoms with Gasteiger partial charge in [-0.1, -0.05) is 24.8 Å². The minimum absolute atomic E-state index is 0.258. The minimum Gasteiger partial charge on any atom is -0.358 e. The Bertz CT molecular complexity index is 1860. The predicted molar refractivity (Wildman–Crippen MR) is 163 cm³/mol. The first-order chi connectivity index (χ1) is 20.1. The Labute approximate surface area is 237 Å². The number of benzene rings is 2. The van der Waals surface area contributed by atoms with E-state index in [1.165, 1.54) is 25.0 Å². The van der Waals surface area contributed by atoms with Crippen molar-refractivity contribution in [1.82, 2.24) is 30.5 Å². The van der Waals surface area contributed by atoms with Crippen LogP contribution in [0.2, 0.25) is 0 Å². The number of H-pyrrole nitrogens is 2. The molecule has 4 aromatic heterocycles. The molecular weight excluding hydrogens is 513 g/mol. The Morgan fingerprint density at radius 1 is 0.927 bits per heavy atom. The Morgan fingerprint density at radius 3 is 2.61 bits per heavy atom. The fourth-order valence-electron chi connectivity index (χ4n) is 5.79. The van der Waals surface area contributed by atoms with E-state index in [-0.39, 0.29) is 5.82 Å². The zero-order valence-electron chi connectivity index (χ0n) is 22.5. The lowest BCUT2D eigenvalue weighted by Crippen LogP contribution is -2.28. The number of fused-ring (bicyclic) bond motifs is 2. The van der Waals surface area contributed by atoms with Crippen molar-refractivity contribution in [3.05, 3.63) is 97.3 Å². The zero-order chi connectivity index (χ0) is 27.8. The summed E-state index contributed by atoms with van der Waals surface area (Å²) in [7, 11) is 0. The molecule has 41 heavy (non-hydrogen) atoms. The van der Waals surface area contributed by atoms with Gasteiger partial charge in [0.2, 0.25) is 0 Å². The molecule has 0 atom stereocenters. The largest absolute Gasteiger partial charge is 0.358 e. The Hall–Kier alpha value is -4.82. The molecule has 1 aliphatic heterocycles. The van der Waals surface area contributed by atoms with E-state index in [1.54, 1.807) is 18.3 Å². The fourth-order valence-corrected chi connectivity index (χ4v) is 5.79. The molecule has 8 heteroatoms. The maximum atomic E-state index is 13.5. The second-order valence-corrected chi connectivity index (χ2v) is 10.7. The molecule has 204 valence electrons. The van der Waals surface area contributed by atoms with E-state index in [2.05, 4.69) is 66.6 Å². The molecule has 1 saturated heterocycles. The first-order valence-electron chi connectivity index (χ1n) is 13.9. The van der Waals surface area contributed by atoms with Gasteiger partial charge in [0.1, 0.15) is 17.2 Å². The molecule has 5 heterocycles. The molecule has 0 radical (unpaired) electrons. The van der Waals surface area contributed by atoms with E-state index in [0.717, 1.165) is 86.5 Å². The third-order valence-corrected chi connectivity index (χ3v) is 7.89. The molecule has 0 bridgehead atoms. The number of anilines is 1. The van der Waals surface area contributed by atoms with E-state index < -0.39 is 0 Å². The average Bonchev–Trinajstić information content (AvgIpc) is 3.62. The quantitative estimate of drug-likeness (QED) is 0.170. The van der Waals surface area contributed by atoms with Gasteiger partial charge in [0.25, 0.3) is 0 Å². The van der Waals surface area contributed by atoms with Crippen molar-refractivity contribution in [2.45, 2.75) is 19.3 Å². The van der Waals surface area contributed by atoms with Crippen molar-refractivity contribution in [2.24, 2.45) is 5.92 Å². The van der Waals surface area contributed by atoms with Gasteiger partial charge < -0.3 is 15.6 Å². The molecule has 0 amide bonds.